The zero-order chi connectivity index (χ0) is 25.4. The molecule has 0 fully saturated rings. The first-order valence-corrected chi connectivity index (χ1v) is 17.2. The lowest BCUT2D eigenvalue weighted by molar-refractivity contribution is 0.240. The summed E-state index contributed by atoms with van der Waals surface area (Å²) in [6.45, 7) is 12.0. The highest BCUT2D eigenvalue weighted by molar-refractivity contribution is 6.65. The van der Waals surface area contributed by atoms with E-state index < -0.39 is 8.56 Å². The smallest absolute Gasteiger partial charge is 0.392 e. The van der Waals surface area contributed by atoms with Crippen molar-refractivity contribution in [3.63, 3.8) is 0 Å². The van der Waals surface area contributed by atoms with Crippen LogP contribution in [-0.2, 0) is 9.84 Å². The van der Waals surface area contributed by atoms with Crippen molar-refractivity contribution in [2.45, 2.75) is 123 Å². The zero-order valence-electron chi connectivity index (χ0n) is 23.4. The van der Waals surface area contributed by atoms with Crippen LogP contribution in [0.1, 0.15) is 115 Å². The van der Waals surface area contributed by atoms with Gasteiger partial charge in [0, 0.05) is 12.0 Å². The molecule has 0 aromatic heterocycles. The molecule has 2 rings (SSSR count). The predicted molar refractivity (Wildman–Crippen MR) is 155 cm³/mol. The Bertz CT molecular complexity index is 783. The van der Waals surface area contributed by atoms with Crippen LogP contribution < -0.4 is 4.43 Å². The van der Waals surface area contributed by atoms with Crippen LogP contribution in [0.3, 0.4) is 0 Å². The van der Waals surface area contributed by atoms with E-state index in [9.17, 15) is 0 Å². The lowest BCUT2D eigenvalue weighted by Gasteiger charge is -2.27. The second-order valence-electron chi connectivity index (χ2n) is 11.1. The molecule has 0 heterocycles. The first kappa shape index (κ1) is 29.6. The van der Waals surface area contributed by atoms with Gasteiger partial charge in [0.25, 0.3) is 0 Å². The molecule has 0 radical (unpaired) electrons. The molecule has 2 aromatic rings. The summed E-state index contributed by atoms with van der Waals surface area (Å²) in [6, 6.07) is 19.3. The van der Waals surface area contributed by atoms with Crippen molar-refractivity contribution in [2.24, 2.45) is 0 Å². The van der Waals surface area contributed by atoms with E-state index in [1.165, 1.54) is 88.2 Å². The van der Waals surface area contributed by atoms with Crippen molar-refractivity contribution in [2.75, 3.05) is 6.61 Å². The van der Waals surface area contributed by atoms with Gasteiger partial charge in [0.2, 0.25) is 0 Å². The van der Waals surface area contributed by atoms with Crippen LogP contribution in [-0.4, -0.2) is 15.2 Å². The number of rotatable bonds is 19. The SMILES string of the molecule is CCCCCCCCCCCCCCCO[Si](C)(C)Oc1ccc(C(C)(C)c2ccccc2)cc1. The Kier molecular flexibility index (Phi) is 13.7. The Morgan fingerprint density at radius 3 is 1.57 bits per heavy atom. The first-order chi connectivity index (χ1) is 16.8. The van der Waals surface area contributed by atoms with E-state index in [1.807, 2.05) is 0 Å². The summed E-state index contributed by atoms with van der Waals surface area (Å²) in [5, 5.41) is 0. The molecule has 0 unspecified atom stereocenters. The molecular formula is C32H52O2Si. The molecule has 0 saturated carbocycles. The number of hydrogen-bond acceptors (Lipinski definition) is 2. The lowest BCUT2D eigenvalue weighted by atomic mass is 9.78. The minimum Gasteiger partial charge on any atom is -0.520 e. The molecule has 0 spiro atoms. The van der Waals surface area contributed by atoms with Gasteiger partial charge in [0.15, 0.2) is 0 Å². The Hall–Kier alpha value is -1.58. The molecular weight excluding hydrogens is 444 g/mol. The van der Waals surface area contributed by atoms with E-state index in [1.54, 1.807) is 0 Å². The van der Waals surface area contributed by atoms with Crippen LogP contribution in [0.4, 0.5) is 0 Å². The zero-order valence-corrected chi connectivity index (χ0v) is 24.4. The molecule has 0 amide bonds. The first-order valence-electron chi connectivity index (χ1n) is 14.3. The van der Waals surface area contributed by atoms with Gasteiger partial charge < -0.3 is 8.85 Å². The van der Waals surface area contributed by atoms with E-state index in [0.29, 0.717) is 0 Å². The van der Waals surface area contributed by atoms with Crippen LogP contribution in [0.15, 0.2) is 54.6 Å². The molecule has 196 valence electrons. The van der Waals surface area contributed by atoms with Crippen LogP contribution in [0.5, 0.6) is 5.75 Å². The number of unbranched alkanes of at least 4 members (excludes halogenated alkanes) is 12. The summed E-state index contributed by atoms with van der Waals surface area (Å²) >= 11 is 0. The van der Waals surface area contributed by atoms with Gasteiger partial charge in [-0.3, -0.25) is 0 Å². The van der Waals surface area contributed by atoms with Gasteiger partial charge in [0.05, 0.1) is 0 Å². The topological polar surface area (TPSA) is 18.5 Å². The molecule has 0 N–H and O–H groups in total. The molecule has 3 heteroatoms. The summed E-state index contributed by atoms with van der Waals surface area (Å²) in [5.41, 5.74) is 2.59. The molecule has 0 saturated heterocycles. The van der Waals surface area contributed by atoms with Crippen molar-refractivity contribution in [3.05, 3.63) is 65.7 Å². The Morgan fingerprint density at radius 2 is 1.06 bits per heavy atom. The summed E-state index contributed by atoms with van der Waals surface area (Å²) in [5.74, 6) is 0.916. The average Bonchev–Trinajstić information content (AvgIpc) is 2.85. The third-order valence-corrected chi connectivity index (χ3v) is 8.76. The summed E-state index contributed by atoms with van der Waals surface area (Å²) in [4.78, 5) is 0. The van der Waals surface area contributed by atoms with Crippen LogP contribution in [0, 0.1) is 0 Å². The van der Waals surface area contributed by atoms with Gasteiger partial charge in [-0.15, -0.1) is 0 Å². The fourth-order valence-electron chi connectivity index (χ4n) is 4.71. The van der Waals surface area contributed by atoms with Crippen molar-refractivity contribution < 1.29 is 8.85 Å². The monoisotopic (exact) mass is 496 g/mol. The second kappa shape index (κ2) is 16.2. The van der Waals surface area contributed by atoms with E-state index >= 15 is 0 Å². The van der Waals surface area contributed by atoms with Crippen molar-refractivity contribution in [1.82, 2.24) is 0 Å². The third kappa shape index (κ3) is 11.8. The van der Waals surface area contributed by atoms with Crippen LogP contribution in [0.2, 0.25) is 13.1 Å². The Morgan fingerprint density at radius 1 is 0.600 bits per heavy atom. The maximum Gasteiger partial charge on any atom is 0.392 e. The molecule has 2 aromatic carbocycles. The average molecular weight is 497 g/mol. The molecule has 2 nitrogen and oxygen atoms in total. The number of hydrogen-bond donors (Lipinski definition) is 0. The summed E-state index contributed by atoms with van der Waals surface area (Å²) < 4.78 is 12.5. The van der Waals surface area contributed by atoms with E-state index in [2.05, 4.69) is 88.5 Å². The maximum absolute atomic E-state index is 6.31. The Balaban J connectivity index is 1.57. The van der Waals surface area contributed by atoms with E-state index in [-0.39, 0.29) is 5.41 Å². The molecule has 0 atom stereocenters. The van der Waals surface area contributed by atoms with Crippen molar-refractivity contribution >= 4 is 8.56 Å². The quantitative estimate of drug-likeness (QED) is 0.142. The van der Waals surface area contributed by atoms with E-state index in [4.69, 9.17) is 8.85 Å². The standard InChI is InChI=1S/C32H52O2Si/c1-6-7-8-9-10-11-12-13-14-15-16-17-21-28-33-35(4,5)34-31-26-24-30(25-27-31)32(2,3)29-22-19-18-20-23-29/h18-20,22-27H,6-17,21,28H2,1-5H3. The van der Waals surface area contributed by atoms with Gasteiger partial charge in [-0.25, -0.2) is 0 Å². The fraction of sp³-hybridized carbons (Fsp3) is 0.625. The van der Waals surface area contributed by atoms with Crippen molar-refractivity contribution in [3.8, 4) is 5.75 Å². The third-order valence-electron chi connectivity index (χ3n) is 7.13. The van der Waals surface area contributed by atoms with Gasteiger partial charge in [0.1, 0.15) is 5.75 Å². The Labute approximate surface area is 218 Å². The summed E-state index contributed by atoms with van der Waals surface area (Å²) in [6.07, 6.45) is 17.9. The predicted octanol–water partition coefficient (Wildman–Crippen LogP) is 10.2. The van der Waals surface area contributed by atoms with Crippen molar-refractivity contribution in [1.29, 1.82) is 0 Å². The highest BCUT2D eigenvalue weighted by Gasteiger charge is 2.27. The molecule has 0 aliphatic carbocycles. The van der Waals surface area contributed by atoms with Gasteiger partial charge in [-0.05, 0) is 42.8 Å². The van der Waals surface area contributed by atoms with E-state index in [0.717, 1.165) is 18.8 Å². The minimum atomic E-state index is -2.17. The minimum absolute atomic E-state index is 0.0303. The highest BCUT2D eigenvalue weighted by Crippen LogP contribution is 2.32. The number of benzene rings is 2. The summed E-state index contributed by atoms with van der Waals surface area (Å²) in [7, 11) is -2.17. The van der Waals surface area contributed by atoms with Crippen LogP contribution >= 0.6 is 0 Å². The fourth-order valence-corrected chi connectivity index (χ4v) is 6.11. The lowest BCUT2D eigenvalue weighted by Crippen LogP contribution is -2.38. The molecule has 35 heavy (non-hydrogen) atoms. The highest BCUT2D eigenvalue weighted by atomic mass is 28.4. The van der Waals surface area contributed by atoms with Gasteiger partial charge in [-0.1, -0.05) is 140 Å². The molecule has 0 aliphatic heterocycles. The maximum atomic E-state index is 6.31. The normalized spacial score (nSPS) is 12.1. The second-order valence-corrected chi connectivity index (χ2v) is 14.4. The molecule has 0 aliphatic rings. The van der Waals surface area contributed by atoms with Gasteiger partial charge >= 0.3 is 8.56 Å². The van der Waals surface area contributed by atoms with Crippen LogP contribution in [0.25, 0.3) is 0 Å². The largest absolute Gasteiger partial charge is 0.520 e. The molecule has 0 bridgehead atoms. The van der Waals surface area contributed by atoms with Gasteiger partial charge in [-0.2, -0.15) is 0 Å².